The molecule has 0 radical (unpaired) electrons. The van der Waals surface area contributed by atoms with Crippen molar-refractivity contribution in [3.8, 4) is 0 Å². The molecule has 15 heteroatoms. The molecule has 37 heavy (non-hydrogen) atoms. The lowest BCUT2D eigenvalue weighted by Crippen LogP contribution is -2.14. The summed E-state index contributed by atoms with van der Waals surface area (Å²) < 4.78 is 65.5. The maximum atomic E-state index is 13.0. The maximum Gasteiger partial charge on any atom is 0.269 e. The summed E-state index contributed by atoms with van der Waals surface area (Å²) in [7, 11) is -7.98. The number of non-ortho nitro benzene ring substituents is 1. The van der Waals surface area contributed by atoms with Crippen LogP contribution in [0.2, 0.25) is 0 Å². The molecule has 0 bridgehead atoms. The molecule has 2 N–H and O–H groups in total. The van der Waals surface area contributed by atoms with Crippen molar-refractivity contribution < 1.29 is 30.9 Å². The van der Waals surface area contributed by atoms with Crippen LogP contribution in [0.1, 0.15) is 10.4 Å². The number of benzene rings is 3. The van der Waals surface area contributed by atoms with E-state index >= 15 is 0 Å². The van der Waals surface area contributed by atoms with Crippen LogP contribution in [0.15, 0.2) is 93.0 Å². The average Bonchev–Trinajstić information content (AvgIpc) is 3.34. The number of sulfone groups is 1. The van der Waals surface area contributed by atoms with Crippen LogP contribution in [0, 0.1) is 15.9 Å². The number of aromatic nitrogens is 1. The summed E-state index contributed by atoms with van der Waals surface area (Å²) in [5.74, 6) is -1.20. The van der Waals surface area contributed by atoms with E-state index in [2.05, 4.69) is 15.0 Å². The van der Waals surface area contributed by atoms with E-state index in [-0.39, 0.29) is 36.1 Å². The molecule has 1 amide bonds. The van der Waals surface area contributed by atoms with Gasteiger partial charge in [-0.1, -0.05) is 11.3 Å². The molecule has 0 aliphatic heterocycles. The highest BCUT2D eigenvalue weighted by Gasteiger charge is 2.23. The summed E-state index contributed by atoms with van der Waals surface area (Å²) in [6.07, 6.45) is 1.06. The summed E-state index contributed by atoms with van der Waals surface area (Å²) in [5, 5.41) is 13.2. The van der Waals surface area contributed by atoms with Gasteiger partial charge in [0.25, 0.3) is 21.6 Å². The molecule has 0 fully saturated rings. The fraction of sp³-hybridized carbons (Fsp3) is 0. The standard InChI is InChI=1S/C22H15FN4O7S3/c23-15-3-9-19(10-4-15)37(33,34)26-16-5-1-14(2-6-16)21(28)25-22-24-13-20(35-22)36(31,32)18-11-7-17(8-12-18)27(29)30/h1-13,26H,(H,24,25,28). The average molecular weight is 563 g/mol. The number of nitro benzene ring substituents is 1. The van der Waals surface area contributed by atoms with Crippen molar-refractivity contribution in [1.29, 1.82) is 0 Å². The zero-order valence-corrected chi connectivity index (χ0v) is 20.8. The zero-order valence-electron chi connectivity index (χ0n) is 18.4. The van der Waals surface area contributed by atoms with Crippen LogP contribution in [-0.4, -0.2) is 32.7 Å². The predicted octanol–water partition coefficient (Wildman–Crippen LogP) is 4.08. The second-order valence-electron chi connectivity index (χ2n) is 7.33. The number of rotatable bonds is 8. The van der Waals surface area contributed by atoms with E-state index in [9.17, 15) is 36.1 Å². The SMILES string of the molecule is O=C(Nc1ncc(S(=O)(=O)c2ccc([N+](=O)[O-])cc2)s1)c1ccc(NS(=O)(=O)c2ccc(F)cc2)cc1. The van der Waals surface area contributed by atoms with Crippen molar-refractivity contribution in [1.82, 2.24) is 4.98 Å². The summed E-state index contributed by atoms with van der Waals surface area (Å²) >= 11 is 0.695. The van der Waals surface area contributed by atoms with E-state index in [1.807, 2.05) is 0 Å². The zero-order chi connectivity index (χ0) is 26.8. The number of halogens is 1. The number of hydrogen-bond acceptors (Lipinski definition) is 9. The van der Waals surface area contributed by atoms with Gasteiger partial charge in [-0.3, -0.25) is 24.9 Å². The Kier molecular flexibility index (Phi) is 7.02. The van der Waals surface area contributed by atoms with Gasteiger partial charge in [0.2, 0.25) is 9.84 Å². The number of nitrogens with zero attached hydrogens (tertiary/aromatic N) is 2. The third-order valence-electron chi connectivity index (χ3n) is 4.85. The van der Waals surface area contributed by atoms with Crippen molar-refractivity contribution in [3.63, 3.8) is 0 Å². The number of thiazole rings is 1. The third-order valence-corrected chi connectivity index (χ3v) is 9.39. The molecule has 190 valence electrons. The summed E-state index contributed by atoms with van der Waals surface area (Å²) in [5.41, 5.74) is 0.0387. The number of carbonyl (C=O) groups is 1. The fourth-order valence-electron chi connectivity index (χ4n) is 2.99. The van der Waals surface area contributed by atoms with Crippen LogP contribution in [0.5, 0.6) is 0 Å². The van der Waals surface area contributed by atoms with Gasteiger partial charge in [0.1, 0.15) is 10.0 Å². The molecule has 4 aromatic rings. The van der Waals surface area contributed by atoms with E-state index in [1.165, 1.54) is 24.3 Å². The van der Waals surface area contributed by atoms with Gasteiger partial charge < -0.3 is 0 Å². The minimum absolute atomic E-state index is 0.00780. The summed E-state index contributed by atoms with van der Waals surface area (Å²) in [4.78, 5) is 26.3. The molecule has 3 aromatic carbocycles. The van der Waals surface area contributed by atoms with E-state index < -0.39 is 36.5 Å². The van der Waals surface area contributed by atoms with Crippen LogP contribution in [0.25, 0.3) is 0 Å². The van der Waals surface area contributed by atoms with Crippen LogP contribution < -0.4 is 10.0 Å². The van der Waals surface area contributed by atoms with Crippen molar-refractivity contribution in [2.24, 2.45) is 0 Å². The van der Waals surface area contributed by atoms with Crippen molar-refractivity contribution >= 4 is 53.6 Å². The lowest BCUT2D eigenvalue weighted by atomic mass is 10.2. The topological polar surface area (TPSA) is 165 Å². The fourth-order valence-corrected chi connectivity index (χ4v) is 6.48. The highest BCUT2D eigenvalue weighted by atomic mass is 32.2. The smallest absolute Gasteiger partial charge is 0.269 e. The second-order valence-corrected chi connectivity index (χ2v) is 12.2. The Morgan fingerprint density at radius 2 is 1.49 bits per heavy atom. The third kappa shape index (κ3) is 5.79. The maximum absolute atomic E-state index is 13.0. The van der Waals surface area contributed by atoms with Gasteiger partial charge in [0.15, 0.2) is 5.13 Å². The van der Waals surface area contributed by atoms with Gasteiger partial charge in [0, 0.05) is 23.4 Å². The Labute approximate surface area is 213 Å². The van der Waals surface area contributed by atoms with Gasteiger partial charge >= 0.3 is 0 Å². The Balaban J connectivity index is 1.44. The molecule has 11 nitrogen and oxygen atoms in total. The Morgan fingerprint density at radius 3 is 2.08 bits per heavy atom. The van der Waals surface area contributed by atoms with Crippen molar-refractivity contribution in [2.75, 3.05) is 10.0 Å². The van der Waals surface area contributed by atoms with Crippen molar-refractivity contribution in [2.45, 2.75) is 14.0 Å². The number of amides is 1. The first-order valence-electron chi connectivity index (χ1n) is 10.1. The minimum Gasteiger partial charge on any atom is -0.298 e. The Hall–Kier alpha value is -4.21. The van der Waals surface area contributed by atoms with E-state index in [4.69, 9.17) is 0 Å². The first kappa shape index (κ1) is 25.9. The highest BCUT2D eigenvalue weighted by molar-refractivity contribution is 7.93. The van der Waals surface area contributed by atoms with Crippen LogP contribution in [0.4, 0.5) is 20.9 Å². The number of nitrogens with one attached hydrogen (secondary N) is 2. The molecular weight excluding hydrogens is 547 g/mol. The Bertz CT molecular complexity index is 1690. The molecule has 0 atom stereocenters. The summed E-state index contributed by atoms with van der Waals surface area (Å²) in [6, 6.07) is 14.0. The molecule has 0 saturated heterocycles. The molecular formula is C22H15FN4O7S3. The Morgan fingerprint density at radius 1 is 0.892 bits per heavy atom. The highest BCUT2D eigenvalue weighted by Crippen LogP contribution is 2.30. The van der Waals surface area contributed by atoms with Crippen LogP contribution in [0.3, 0.4) is 0 Å². The molecule has 1 aromatic heterocycles. The minimum atomic E-state index is -4.01. The first-order valence-corrected chi connectivity index (χ1v) is 13.9. The number of nitro groups is 1. The largest absolute Gasteiger partial charge is 0.298 e. The van der Waals surface area contributed by atoms with Crippen LogP contribution in [-0.2, 0) is 19.9 Å². The van der Waals surface area contributed by atoms with Gasteiger partial charge in [-0.05, 0) is 60.7 Å². The molecule has 4 rings (SSSR count). The monoisotopic (exact) mass is 562 g/mol. The quantitative estimate of drug-likeness (QED) is 0.239. The van der Waals surface area contributed by atoms with Gasteiger partial charge in [-0.15, -0.1) is 0 Å². The molecule has 0 aliphatic rings. The molecule has 0 aliphatic carbocycles. The van der Waals surface area contributed by atoms with E-state index in [0.717, 1.165) is 54.7 Å². The number of anilines is 2. The first-order chi connectivity index (χ1) is 17.5. The summed E-state index contributed by atoms with van der Waals surface area (Å²) in [6.45, 7) is 0. The van der Waals surface area contributed by atoms with E-state index in [1.54, 1.807) is 0 Å². The lowest BCUT2D eigenvalue weighted by Gasteiger charge is -2.09. The molecule has 1 heterocycles. The molecule has 0 spiro atoms. The van der Waals surface area contributed by atoms with Crippen molar-refractivity contribution in [3.05, 3.63) is 100 Å². The number of carbonyl (C=O) groups excluding carboxylic acids is 1. The van der Waals surface area contributed by atoms with Gasteiger partial charge in [-0.2, -0.15) is 0 Å². The normalized spacial score (nSPS) is 11.6. The number of hydrogen-bond donors (Lipinski definition) is 2. The van der Waals surface area contributed by atoms with Gasteiger partial charge in [0.05, 0.1) is 20.9 Å². The van der Waals surface area contributed by atoms with Gasteiger partial charge in [-0.25, -0.2) is 26.2 Å². The molecule has 0 saturated carbocycles. The van der Waals surface area contributed by atoms with E-state index in [0.29, 0.717) is 11.3 Å². The number of sulfonamides is 1. The lowest BCUT2D eigenvalue weighted by molar-refractivity contribution is -0.384. The molecule has 0 unspecified atom stereocenters. The second kappa shape index (κ2) is 10.0. The van der Waals surface area contributed by atoms with Crippen LogP contribution >= 0.6 is 11.3 Å². The predicted molar refractivity (Wildman–Crippen MR) is 132 cm³/mol.